The van der Waals surface area contributed by atoms with Crippen molar-refractivity contribution < 1.29 is 14.3 Å². The van der Waals surface area contributed by atoms with E-state index in [2.05, 4.69) is 39.0 Å². The Bertz CT molecular complexity index is 1420. The Balaban J connectivity index is 1.16. The van der Waals surface area contributed by atoms with Crippen LogP contribution in [0.1, 0.15) is 34.7 Å². The molecule has 1 N–H and O–H groups in total. The number of piperazine rings is 1. The van der Waals surface area contributed by atoms with Gasteiger partial charge in [0.2, 0.25) is 0 Å². The number of hydrogen-bond acceptors (Lipinski definition) is 7. The fraction of sp³-hybridized carbons (Fsp3) is 0.379. The molecule has 1 unspecified atom stereocenters. The van der Waals surface area contributed by atoms with Crippen molar-refractivity contribution in [3.63, 3.8) is 0 Å². The van der Waals surface area contributed by atoms with E-state index < -0.39 is 0 Å². The van der Waals surface area contributed by atoms with Crippen molar-refractivity contribution in [3.05, 3.63) is 71.9 Å². The van der Waals surface area contributed by atoms with Gasteiger partial charge in [0.1, 0.15) is 23.4 Å². The summed E-state index contributed by atoms with van der Waals surface area (Å²) in [6, 6.07) is 13.8. The molecule has 6 rings (SSSR count). The van der Waals surface area contributed by atoms with Gasteiger partial charge in [-0.3, -0.25) is 9.78 Å². The molecule has 0 spiro atoms. The maximum Gasteiger partial charge on any atom is 0.270 e. The summed E-state index contributed by atoms with van der Waals surface area (Å²) < 4.78 is 11.6. The fourth-order valence-electron chi connectivity index (χ4n) is 5.02. The first-order valence-electron chi connectivity index (χ1n) is 13.2. The fourth-order valence-corrected chi connectivity index (χ4v) is 5.02. The van der Waals surface area contributed by atoms with Crippen LogP contribution in [0.25, 0.3) is 22.3 Å². The van der Waals surface area contributed by atoms with E-state index in [-0.39, 0.29) is 12.0 Å². The molecule has 0 aliphatic carbocycles. The number of aromatic amines is 1. The number of likely N-dealkylation sites (N-methyl/N-ethyl adjacent to an activating group) is 1. The van der Waals surface area contributed by atoms with E-state index in [1.54, 1.807) is 12.4 Å². The predicted molar refractivity (Wildman–Crippen MR) is 144 cm³/mol. The molecule has 5 heterocycles. The molecule has 38 heavy (non-hydrogen) atoms. The SMILES string of the molecule is CN1CCN(C(=O)c2cc3cc(Cc4nccc(-c5cc(OC6CCCOC6)ccn5)n4)ccc3[nH]2)CC1. The van der Waals surface area contributed by atoms with Crippen molar-refractivity contribution in [2.75, 3.05) is 46.4 Å². The van der Waals surface area contributed by atoms with Crippen LogP contribution in [0.3, 0.4) is 0 Å². The first-order valence-corrected chi connectivity index (χ1v) is 13.2. The van der Waals surface area contributed by atoms with E-state index >= 15 is 0 Å². The predicted octanol–water partition coefficient (Wildman–Crippen LogP) is 3.56. The third kappa shape index (κ3) is 5.54. The Labute approximate surface area is 221 Å². The number of amides is 1. The van der Waals surface area contributed by atoms with Crippen molar-refractivity contribution in [1.82, 2.24) is 29.7 Å². The van der Waals surface area contributed by atoms with Gasteiger partial charge in [0, 0.05) is 68.6 Å². The van der Waals surface area contributed by atoms with E-state index in [9.17, 15) is 4.79 Å². The molecule has 0 bridgehead atoms. The van der Waals surface area contributed by atoms with Crippen molar-refractivity contribution >= 4 is 16.8 Å². The van der Waals surface area contributed by atoms with Crippen molar-refractivity contribution in [3.8, 4) is 17.1 Å². The highest BCUT2D eigenvalue weighted by atomic mass is 16.5. The Morgan fingerprint density at radius 2 is 1.92 bits per heavy atom. The zero-order chi connectivity index (χ0) is 25.9. The summed E-state index contributed by atoms with van der Waals surface area (Å²) in [4.78, 5) is 34.2. The quantitative estimate of drug-likeness (QED) is 0.422. The number of H-pyrrole nitrogens is 1. The smallest absolute Gasteiger partial charge is 0.270 e. The Morgan fingerprint density at radius 1 is 1.05 bits per heavy atom. The van der Waals surface area contributed by atoms with Crippen LogP contribution in [-0.2, 0) is 11.2 Å². The largest absolute Gasteiger partial charge is 0.488 e. The van der Waals surface area contributed by atoms with Crippen LogP contribution >= 0.6 is 0 Å². The van der Waals surface area contributed by atoms with Gasteiger partial charge >= 0.3 is 0 Å². The number of aromatic nitrogens is 4. The van der Waals surface area contributed by atoms with E-state index in [1.807, 2.05) is 35.2 Å². The molecule has 0 radical (unpaired) electrons. The molecule has 4 aromatic rings. The second kappa shape index (κ2) is 10.9. The summed E-state index contributed by atoms with van der Waals surface area (Å²) >= 11 is 0. The lowest BCUT2D eigenvalue weighted by Gasteiger charge is -2.32. The molecule has 2 fully saturated rings. The molecule has 2 aliphatic heterocycles. The van der Waals surface area contributed by atoms with Gasteiger partial charge in [-0.25, -0.2) is 9.97 Å². The van der Waals surface area contributed by atoms with Crippen LogP contribution < -0.4 is 4.74 Å². The number of fused-ring (bicyclic) bond motifs is 1. The molecule has 0 saturated carbocycles. The second-order valence-corrected chi connectivity index (χ2v) is 10.1. The number of pyridine rings is 1. The monoisotopic (exact) mass is 512 g/mol. The third-order valence-electron chi connectivity index (χ3n) is 7.19. The Morgan fingerprint density at radius 3 is 2.76 bits per heavy atom. The topological polar surface area (TPSA) is 96.5 Å². The molecule has 2 aliphatic rings. The van der Waals surface area contributed by atoms with E-state index in [1.165, 1.54) is 0 Å². The highest BCUT2D eigenvalue weighted by Gasteiger charge is 2.22. The van der Waals surface area contributed by atoms with Crippen molar-refractivity contribution in [2.24, 2.45) is 0 Å². The molecule has 1 aromatic carbocycles. The number of hydrogen-bond donors (Lipinski definition) is 1. The van der Waals surface area contributed by atoms with Gasteiger partial charge < -0.3 is 24.3 Å². The normalized spacial score (nSPS) is 18.6. The van der Waals surface area contributed by atoms with Crippen LogP contribution in [0.15, 0.2) is 54.9 Å². The van der Waals surface area contributed by atoms with Gasteiger partial charge in [0.05, 0.1) is 18.0 Å². The summed E-state index contributed by atoms with van der Waals surface area (Å²) in [5.41, 5.74) is 4.16. The van der Waals surface area contributed by atoms with Gasteiger partial charge in [-0.05, 0) is 55.8 Å². The molecular weight excluding hydrogens is 480 g/mol. The summed E-state index contributed by atoms with van der Waals surface area (Å²) in [6.45, 7) is 4.73. The van der Waals surface area contributed by atoms with Crippen LogP contribution in [0.5, 0.6) is 5.75 Å². The van der Waals surface area contributed by atoms with E-state index in [0.29, 0.717) is 24.5 Å². The maximum absolute atomic E-state index is 13.0. The van der Waals surface area contributed by atoms with Gasteiger partial charge in [-0.1, -0.05) is 6.07 Å². The average Bonchev–Trinajstić information content (AvgIpc) is 3.38. The Hall–Kier alpha value is -3.82. The van der Waals surface area contributed by atoms with Gasteiger partial charge in [0.15, 0.2) is 0 Å². The number of carbonyl (C=O) groups is 1. The van der Waals surface area contributed by atoms with Crippen LogP contribution in [0, 0.1) is 0 Å². The molecule has 3 aromatic heterocycles. The Kier molecular flexibility index (Phi) is 7.02. The minimum atomic E-state index is 0.0570. The zero-order valence-corrected chi connectivity index (χ0v) is 21.6. The molecule has 196 valence electrons. The van der Waals surface area contributed by atoms with Crippen molar-refractivity contribution in [1.29, 1.82) is 0 Å². The number of ether oxygens (including phenoxy) is 2. The number of rotatable bonds is 6. The van der Waals surface area contributed by atoms with E-state index in [4.69, 9.17) is 14.5 Å². The average molecular weight is 513 g/mol. The summed E-state index contributed by atoms with van der Waals surface area (Å²) in [7, 11) is 2.09. The van der Waals surface area contributed by atoms with Crippen LogP contribution in [0.2, 0.25) is 0 Å². The van der Waals surface area contributed by atoms with Gasteiger partial charge in [-0.2, -0.15) is 0 Å². The zero-order valence-electron chi connectivity index (χ0n) is 21.6. The number of benzene rings is 1. The number of carbonyl (C=O) groups excluding carboxylic acids is 1. The first-order chi connectivity index (χ1) is 18.6. The summed E-state index contributed by atoms with van der Waals surface area (Å²) in [5, 5.41) is 1.01. The minimum absolute atomic E-state index is 0.0570. The van der Waals surface area contributed by atoms with Crippen LogP contribution in [0.4, 0.5) is 0 Å². The van der Waals surface area contributed by atoms with E-state index in [0.717, 1.165) is 79.2 Å². The lowest BCUT2D eigenvalue weighted by Crippen LogP contribution is -2.47. The lowest BCUT2D eigenvalue weighted by atomic mass is 10.1. The molecule has 2 saturated heterocycles. The standard InChI is InChI=1S/C29H32N6O3/c1-34-10-12-35(13-11-34)29(36)27-17-21-15-20(4-5-24(21)32-27)16-28-31-9-7-25(33-28)26-18-22(6-8-30-26)38-23-3-2-14-37-19-23/h4-9,15,17-18,23,32H,2-3,10-14,16,19H2,1H3. The molecule has 9 nitrogen and oxygen atoms in total. The summed E-state index contributed by atoms with van der Waals surface area (Å²) in [6.07, 6.45) is 6.17. The number of nitrogens with one attached hydrogen (secondary N) is 1. The lowest BCUT2D eigenvalue weighted by molar-refractivity contribution is 0.00742. The summed E-state index contributed by atoms with van der Waals surface area (Å²) in [5.74, 6) is 1.53. The third-order valence-corrected chi connectivity index (χ3v) is 7.19. The second-order valence-electron chi connectivity index (χ2n) is 10.1. The molecule has 1 atom stereocenters. The molecular formula is C29H32N6O3. The number of nitrogens with zero attached hydrogens (tertiary/aromatic N) is 5. The molecule has 9 heteroatoms. The molecule has 1 amide bonds. The van der Waals surface area contributed by atoms with Crippen LogP contribution in [-0.4, -0.2) is 88.2 Å². The van der Waals surface area contributed by atoms with Crippen molar-refractivity contribution in [2.45, 2.75) is 25.4 Å². The first kappa shape index (κ1) is 24.5. The highest BCUT2D eigenvalue weighted by molar-refractivity contribution is 5.98. The minimum Gasteiger partial charge on any atom is -0.488 e. The maximum atomic E-state index is 13.0. The van der Waals surface area contributed by atoms with Gasteiger partial charge in [-0.15, -0.1) is 0 Å². The van der Waals surface area contributed by atoms with Gasteiger partial charge in [0.25, 0.3) is 5.91 Å². The highest BCUT2D eigenvalue weighted by Crippen LogP contribution is 2.24.